The summed E-state index contributed by atoms with van der Waals surface area (Å²) < 4.78 is 5.40. The Morgan fingerprint density at radius 1 is 0.933 bits per heavy atom. The van der Waals surface area contributed by atoms with Crippen molar-refractivity contribution in [3.8, 4) is 0 Å². The molecular weight excluding hydrogens is 408 g/mol. The summed E-state index contributed by atoms with van der Waals surface area (Å²) in [5.41, 5.74) is 2.10. The maximum atomic E-state index is 13.3. The summed E-state index contributed by atoms with van der Waals surface area (Å²) in [6.07, 6.45) is 0. The molecule has 0 saturated carbocycles. The van der Waals surface area contributed by atoms with E-state index in [0.29, 0.717) is 63.1 Å². The second kappa shape index (κ2) is 8.89. The Labute approximate surface area is 179 Å². The summed E-state index contributed by atoms with van der Waals surface area (Å²) in [5.74, 6) is -0.170. The van der Waals surface area contributed by atoms with E-state index in [1.54, 1.807) is 11.0 Å². The Kier molecular flexibility index (Phi) is 6.06. The lowest BCUT2D eigenvalue weighted by Gasteiger charge is -2.37. The number of hydrogen-bond acceptors (Lipinski definition) is 6. The molecule has 30 heavy (non-hydrogen) atoms. The summed E-state index contributed by atoms with van der Waals surface area (Å²) in [5, 5.41) is 12.0. The Morgan fingerprint density at radius 3 is 2.23 bits per heavy atom. The molecule has 9 heteroatoms. The molecule has 2 aliphatic heterocycles. The van der Waals surface area contributed by atoms with Crippen LogP contribution >= 0.6 is 11.6 Å². The molecule has 4 rings (SSSR count). The van der Waals surface area contributed by atoms with E-state index in [-0.39, 0.29) is 11.6 Å². The number of anilines is 2. The van der Waals surface area contributed by atoms with Crippen LogP contribution in [0.3, 0.4) is 0 Å². The van der Waals surface area contributed by atoms with E-state index in [4.69, 9.17) is 16.3 Å². The van der Waals surface area contributed by atoms with Crippen LogP contribution in [0.5, 0.6) is 0 Å². The second-order valence-electron chi connectivity index (χ2n) is 7.31. The first kappa shape index (κ1) is 20.4. The van der Waals surface area contributed by atoms with Crippen molar-refractivity contribution in [3.63, 3.8) is 0 Å². The first-order valence-electron chi connectivity index (χ1n) is 9.94. The maximum Gasteiger partial charge on any atom is 0.270 e. The van der Waals surface area contributed by atoms with Crippen LogP contribution in [0.1, 0.15) is 10.4 Å². The SMILES string of the molecule is O=C(c1cc([N+](=O)[O-])ccc1N1CCOCC1)N1CCN(c2ccc(Cl)cc2)CC1. The first-order valence-corrected chi connectivity index (χ1v) is 10.3. The lowest BCUT2D eigenvalue weighted by atomic mass is 10.1. The number of hydrogen-bond donors (Lipinski definition) is 0. The van der Waals surface area contributed by atoms with Gasteiger partial charge in [-0.15, -0.1) is 0 Å². The fourth-order valence-electron chi connectivity index (χ4n) is 3.88. The minimum absolute atomic E-state index is 0.0739. The number of morpholine rings is 1. The zero-order valence-corrected chi connectivity index (χ0v) is 17.3. The first-order chi connectivity index (χ1) is 14.5. The van der Waals surface area contributed by atoms with Gasteiger partial charge in [0.1, 0.15) is 0 Å². The number of carbonyl (C=O) groups excluding carboxylic acids is 1. The summed E-state index contributed by atoms with van der Waals surface area (Å²) in [7, 11) is 0. The molecule has 0 N–H and O–H groups in total. The van der Waals surface area contributed by atoms with Gasteiger partial charge in [0.05, 0.1) is 29.4 Å². The van der Waals surface area contributed by atoms with E-state index in [1.165, 1.54) is 12.1 Å². The van der Waals surface area contributed by atoms with Gasteiger partial charge in [-0.2, -0.15) is 0 Å². The predicted octanol–water partition coefficient (Wildman–Crippen LogP) is 3.05. The van der Waals surface area contributed by atoms with Gasteiger partial charge in [-0.3, -0.25) is 14.9 Å². The second-order valence-corrected chi connectivity index (χ2v) is 7.75. The van der Waals surface area contributed by atoms with E-state index in [1.807, 2.05) is 24.3 Å². The molecule has 0 aliphatic carbocycles. The number of non-ortho nitro benzene ring substituents is 1. The van der Waals surface area contributed by atoms with Crippen LogP contribution in [-0.2, 0) is 4.74 Å². The molecule has 0 atom stereocenters. The fraction of sp³-hybridized carbons (Fsp3) is 0.381. The highest BCUT2D eigenvalue weighted by atomic mass is 35.5. The molecule has 8 nitrogen and oxygen atoms in total. The number of piperazine rings is 1. The molecule has 0 unspecified atom stereocenters. The van der Waals surface area contributed by atoms with Gasteiger partial charge in [-0.25, -0.2) is 0 Å². The quantitative estimate of drug-likeness (QED) is 0.548. The Hall–Kier alpha value is -2.84. The highest BCUT2D eigenvalue weighted by Crippen LogP contribution is 2.28. The standard InChI is InChI=1S/C21H23ClN4O4/c22-16-1-3-17(4-2-16)23-7-9-25(10-8-23)21(27)19-15-18(26(28)29)5-6-20(19)24-11-13-30-14-12-24/h1-6,15H,7-14H2. The smallest absolute Gasteiger partial charge is 0.270 e. The predicted molar refractivity (Wildman–Crippen MR) is 116 cm³/mol. The number of benzene rings is 2. The highest BCUT2D eigenvalue weighted by molar-refractivity contribution is 6.30. The molecule has 0 aromatic heterocycles. The van der Waals surface area contributed by atoms with Gasteiger partial charge in [0, 0.05) is 62.1 Å². The van der Waals surface area contributed by atoms with Gasteiger partial charge in [0.2, 0.25) is 0 Å². The number of nitro benzene ring substituents is 1. The lowest BCUT2D eigenvalue weighted by Crippen LogP contribution is -2.49. The number of carbonyl (C=O) groups is 1. The maximum absolute atomic E-state index is 13.3. The molecule has 1 amide bonds. The molecule has 2 aromatic rings. The van der Waals surface area contributed by atoms with Crippen molar-refractivity contribution >= 4 is 34.6 Å². The van der Waals surface area contributed by atoms with Crippen LogP contribution in [0.15, 0.2) is 42.5 Å². The number of rotatable bonds is 4. The van der Waals surface area contributed by atoms with Crippen LogP contribution in [0.25, 0.3) is 0 Å². The summed E-state index contributed by atoms with van der Waals surface area (Å²) in [6.45, 7) is 4.93. The lowest BCUT2D eigenvalue weighted by molar-refractivity contribution is -0.384. The molecule has 0 spiro atoms. The van der Waals surface area contributed by atoms with Gasteiger partial charge in [-0.1, -0.05) is 11.6 Å². The van der Waals surface area contributed by atoms with Crippen molar-refractivity contribution in [1.29, 1.82) is 0 Å². The molecule has 2 heterocycles. The number of nitro groups is 1. The van der Waals surface area contributed by atoms with E-state index >= 15 is 0 Å². The zero-order valence-electron chi connectivity index (χ0n) is 16.5. The van der Waals surface area contributed by atoms with Gasteiger partial charge in [0.25, 0.3) is 11.6 Å². The monoisotopic (exact) mass is 430 g/mol. The number of ether oxygens (including phenoxy) is 1. The van der Waals surface area contributed by atoms with Crippen LogP contribution < -0.4 is 9.80 Å². The largest absolute Gasteiger partial charge is 0.378 e. The third-order valence-electron chi connectivity index (χ3n) is 5.53. The van der Waals surface area contributed by atoms with Crippen LogP contribution in [0.2, 0.25) is 5.02 Å². The molecule has 2 saturated heterocycles. The molecule has 2 fully saturated rings. The molecular formula is C21H23ClN4O4. The van der Waals surface area contributed by atoms with Gasteiger partial charge < -0.3 is 19.4 Å². The van der Waals surface area contributed by atoms with Crippen molar-refractivity contribution in [2.75, 3.05) is 62.3 Å². The van der Waals surface area contributed by atoms with Gasteiger partial charge in [0.15, 0.2) is 0 Å². The minimum atomic E-state index is -0.460. The summed E-state index contributed by atoms with van der Waals surface area (Å²) in [6, 6.07) is 12.2. The molecule has 158 valence electrons. The van der Waals surface area contributed by atoms with E-state index in [9.17, 15) is 14.9 Å². The van der Waals surface area contributed by atoms with Crippen molar-refractivity contribution in [2.24, 2.45) is 0 Å². The van der Waals surface area contributed by atoms with Crippen LogP contribution in [-0.4, -0.2) is 68.2 Å². The summed E-state index contributed by atoms with van der Waals surface area (Å²) in [4.78, 5) is 30.2. The number of halogens is 1. The Morgan fingerprint density at radius 2 is 1.60 bits per heavy atom. The van der Waals surface area contributed by atoms with Crippen LogP contribution in [0, 0.1) is 10.1 Å². The van der Waals surface area contributed by atoms with Crippen LogP contribution in [0.4, 0.5) is 17.1 Å². The summed E-state index contributed by atoms with van der Waals surface area (Å²) >= 11 is 5.97. The zero-order chi connectivity index (χ0) is 21.1. The molecule has 2 aliphatic rings. The molecule has 2 aromatic carbocycles. The van der Waals surface area contributed by atoms with Crippen molar-refractivity contribution in [3.05, 3.63) is 63.2 Å². The average Bonchev–Trinajstić information content (AvgIpc) is 2.79. The van der Waals surface area contributed by atoms with Crippen molar-refractivity contribution in [2.45, 2.75) is 0 Å². The van der Waals surface area contributed by atoms with E-state index in [2.05, 4.69) is 9.80 Å². The van der Waals surface area contributed by atoms with Crippen molar-refractivity contribution in [1.82, 2.24) is 4.90 Å². The third-order valence-corrected chi connectivity index (χ3v) is 5.78. The number of amides is 1. The normalized spacial score (nSPS) is 17.2. The van der Waals surface area contributed by atoms with Gasteiger partial charge >= 0.3 is 0 Å². The van der Waals surface area contributed by atoms with Crippen molar-refractivity contribution < 1.29 is 14.5 Å². The third kappa shape index (κ3) is 4.34. The Bertz CT molecular complexity index is 923. The topological polar surface area (TPSA) is 79.2 Å². The molecule has 0 bridgehead atoms. The fourth-order valence-corrected chi connectivity index (χ4v) is 4.00. The molecule has 0 radical (unpaired) electrons. The number of nitrogens with zero attached hydrogens (tertiary/aromatic N) is 4. The highest BCUT2D eigenvalue weighted by Gasteiger charge is 2.28. The average molecular weight is 431 g/mol. The van der Waals surface area contributed by atoms with Gasteiger partial charge in [-0.05, 0) is 30.3 Å². The minimum Gasteiger partial charge on any atom is -0.378 e. The van der Waals surface area contributed by atoms with E-state index in [0.717, 1.165) is 11.4 Å². The Balaban J connectivity index is 1.52. The van der Waals surface area contributed by atoms with E-state index < -0.39 is 4.92 Å².